The third kappa shape index (κ3) is 3.94. The van der Waals surface area contributed by atoms with E-state index >= 15 is 0 Å². The van der Waals surface area contributed by atoms with Crippen LogP contribution in [0.1, 0.15) is 18.5 Å². The van der Waals surface area contributed by atoms with Crippen LogP contribution < -0.4 is 10.6 Å². The van der Waals surface area contributed by atoms with Crippen molar-refractivity contribution in [2.45, 2.75) is 13.0 Å². The number of rotatable bonds is 7. The number of aliphatic hydroxyl groups excluding tert-OH is 1. The van der Waals surface area contributed by atoms with Crippen LogP contribution in [0.3, 0.4) is 0 Å². The van der Waals surface area contributed by atoms with Crippen LogP contribution in [0.4, 0.5) is 10.1 Å². The zero-order chi connectivity index (χ0) is 13.5. The van der Waals surface area contributed by atoms with E-state index in [1.54, 1.807) is 13.2 Å². The third-order valence-electron chi connectivity index (χ3n) is 2.76. The van der Waals surface area contributed by atoms with Crippen molar-refractivity contribution < 1.29 is 14.2 Å². The molecule has 5 heteroatoms. The predicted molar refractivity (Wildman–Crippen MR) is 70.2 cm³/mol. The Morgan fingerprint density at radius 3 is 2.72 bits per heavy atom. The largest absolute Gasteiger partial charge is 0.395 e. The van der Waals surface area contributed by atoms with Gasteiger partial charge in [-0.2, -0.15) is 0 Å². The van der Waals surface area contributed by atoms with Crippen molar-refractivity contribution in [3.8, 4) is 0 Å². The molecule has 1 rings (SSSR count). The van der Waals surface area contributed by atoms with Crippen molar-refractivity contribution >= 4 is 5.69 Å². The number of aliphatic hydroxyl groups is 1. The van der Waals surface area contributed by atoms with E-state index in [1.165, 1.54) is 12.1 Å². The maximum Gasteiger partial charge on any atom is 0.123 e. The van der Waals surface area contributed by atoms with Gasteiger partial charge in [0.25, 0.3) is 0 Å². The standard InChI is InChI=1S/C13H21FN2O2/c1-10(15)12-9-11(14)3-4-13(12)16(5-7-17)6-8-18-2/h3-4,9-10,17H,5-8,15H2,1-2H3. The van der Waals surface area contributed by atoms with E-state index in [0.717, 1.165) is 11.3 Å². The minimum absolute atomic E-state index is 0.0273. The molecule has 0 bridgehead atoms. The first kappa shape index (κ1) is 14.9. The van der Waals surface area contributed by atoms with Gasteiger partial charge in [0.05, 0.1) is 13.2 Å². The van der Waals surface area contributed by atoms with Gasteiger partial charge in [-0.05, 0) is 30.7 Å². The highest BCUT2D eigenvalue weighted by Crippen LogP contribution is 2.26. The lowest BCUT2D eigenvalue weighted by Gasteiger charge is -2.27. The first-order valence-corrected chi connectivity index (χ1v) is 6.00. The van der Waals surface area contributed by atoms with Crippen LogP contribution in [0.15, 0.2) is 18.2 Å². The third-order valence-corrected chi connectivity index (χ3v) is 2.76. The van der Waals surface area contributed by atoms with Crippen molar-refractivity contribution in [3.05, 3.63) is 29.6 Å². The summed E-state index contributed by atoms with van der Waals surface area (Å²) in [6.07, 6.45) is 0. The van der Waals surface area contributed by atoms with E-state index in [4.69, 9.17) is 15.6 Å². The van der Waals surface area contributed by atoms with Gasteiger partial charge in [0.1, 0.15) is 5.82 Å². The van der Waals surface area contributed by atoms with E-state index in [-0.39, 0.29) is 18.5 Å². The molecular formula is C13H21FN2O2. The Morgan fingerprint density at radius 2 is 2.17 bits per heavy atom. The first-order chi connectivity index (χ1) is 8.60. The van der Waals surface area contributed by atoms with E-state index in [2.05, 4.69) is 0 Å². The smallest absolute Gasteiger partial charge is 0.123 e. The van der Waals surface area contributed by atoms with Crippen LogP contribution in [-0.2, 0) is 4.74 Å². The van der Waals surface area contributed by atoms with Gasteiger partial charge in [-0.3, -0.25) is 0 Å². The maximum absolute atomic E-state index is 13.3. The van der Waals surface area contributed by atoms with Gasteiger partial charge in [-0.25, -0.2) is 4.39 Å². The van der Waals surface area contributed by atoms with Crippen LogP contribution in [0.2, 0.25) is 0 Å². The molecule has 0 aliphatic carbocycles. The SMILES string of the molecule is COCCN(CCO)c1ccc(F)cc1C(C)N. The van der Waals surface area contributed by atoms with Gasteiger partial charge in [0, 0.05) is 31.9 Å². The minimum Gasteiger partial charge on any atom is -0.395 e. The number of benzene rings is 1. The summed E-state index contributed by atoms with van der Waals surface area (Å²) in [6.45, 7) is 3.47. The quantitative estimate of drug-likeness (QED) is 0.772. The molecule has 0 aromatic heterocycles. The molecule has 0 aliphatic heterocycles. The monoisotopic (exact) mass is 256 g/mol. The number of nitrogens with two attached hydrogens (primary N) is 1. The molecule has 1 atom stereocenters. The minimum atomic E-state index is -0.304. The van der Waals surface area contributed by atoms with E-state index < -0.39 is 0 Å². The van der Waals surface area contributed by atoms with Gasteiger partial charge < -0.3 is 20.5 Å². The van der Waals surface area contributed by atoms with Crippen molar-refractivity contribution in [3.63, 3.8) is 0 Å². The van der Waals surface area contributed by atoms with Crippen LogP contribution in [0, 0.1) is 5.82 Å². The average molecular weight is 256 g/mol. The number of ether oxygens (including phenoxy) is 1. The van der Waals surface area contributed by atoms with Gasteiger partial charge in [0.2, 0.25) is 0 Å². The van der Waals surface area contributed by atoms with Crippen LogP contribution in [0.25, 0.3) is 0 Å². The molecule has 0 fully saturated rings. The molecule has 0 heterocycles. The first-order valence-electron chi connectivity index (χ1n) is 6.00. The molecule has 0 radical (unpaired) electrons. The summed E-state index contributed by atoms with van der Waals surface area (Å²) < 4.78 is 18.3. The lowest BCUT2D eigenvalue weighted by atomic mass is 10.1. The Kier molecular flexibility index (Phi) is 6.04. The van der Waals surface area contributed by atoms with Crippen molar-refractivity contribution in [1.29, 1.82) is 0 Å². The maximum atomic E-state index is 13.3. The Hall–Kier alpha value is -1.17. The zero-order valence-electron chi connectivity index (χ0n) is 10.9. The van der Waals surface area contributed by atoms with Gasteiger partial charge in [-0.1, -0.05) is 0 Å². The molecule has 1 unspecified atom stereocenters. The highest BCUT2D eigenvalue weighted by atomic mass is 19.1. The number of nitrogens with zero attached hydrogens (tertiary/aromatic N) is 1. The summed E-state index contributed by atoms with van der Waals surface area (Å²) in [5.41, 5.74) is 7.44. The van der Waals surface area contributed by atoms with Crippen molar-refractivity contribution in [1.82, 2.24) is 0 Å². The summed E-state index contributed by atoms with van der Waals surface area (Å²) >= 11 is 0. The zero-order valence-corrected chi connectivity index (χ0v) is 10.9. The Balaban J connectivity index is 3.01. The Labute approximate surface area is 107 Å². The Bertz CT molecular complexity index is 372. The average Bonchev–Trinajstić information content (AvgIpc) is 2.34. The summed E-state index contributed by atoms with van der Waals surface area (Å²) in [6, 6.07) is 4.27. The van der Waals surface area contributed by atoms with Crippen molar-refractivity contribution in [2.75, 3.05) is 38.3 Å². The second kappa shape index (κ2) is 7.31. The second-order valence-corrected chi connectivity index (χ2v) is 4.20. The number of halogens is 1. The second-order valence-electron chi connectivity index (χ2n) is 4.20. The number of hydrogen-bond donors (Lipinski definition) is 2. The van der Waals surface area contributed by atoms with Gasteiger partial charge in [-0.15, -0.1) is 0 Å². The molecule has 0 saturated heterocycles. The molecule has 102 valence electrons. The topological polar surface area (TPSA) is 58.7 Å². The van der Waals surface area contributed by atoms with Gasteiger partial charge in [0.15, 0.2) is 0 Å². The number of hydrogen-bond acceptors (Lipinski definition) is 4. The van der Waals surface area contributed by atoms with Crippen LogP contribution in [-0.4, -0.2) is 38.5 Å². The lowest BCUT2D eigenvalue weighted by Crippen LogP contribution is -2.31. The lowest BCUT2D eigenvalue weighted by molar-refractivity contribution is 0.203. The van der Waals surface area contributed by atoms with E-state index in [9.17, 15) is 4.39 Å². The number of anilines is 1. The Morgan fingerprint density at radius 1 is 1.44 bits per heavy atom. The molecule has 0 spiro atoms. The molecule has 4 nitrogen and oxygen atoms in total. The molecule has 0 saturated carbocycles. The molecule has 0 aliphatic rings. The fourth-order valence-electron chi connectivity index (χ4n) is 1.85. The predicted octanol–water partition coefficient (Wildman–Crippen LogP) is 1.29. The van der Waals surface area contributed by atoms with Gasteiger partial charge >= 0.3 is 0 Å². The fraction of sp³-hybridized carbons (Fsp3) is 0.538. The van der Waals surface area contributed by atoms with E-state index in [1.807, 2.05) is 11.8 Å². The summed E-state index contributed by atoms with van der Waals surface area (Å²) in [7, 11) is 1.62. The molecule has 0 amide bonds. The van der Waals surface area contributed by atoms with Crippen LogP contribution in [0.5, 0.6) is 0 Å². The summed E-state index contributed by atoms with van der Waals surface area (Å²) in [5, 5.41) is 9.09. The normalized spacial score (nSPS) is 12.5. The molecule has 3 N–H and O–H groups in total. The molecule has 1 aromatic carbocycles. The highest BCUT2D eigenvalue weighted by molar-refractivity contribution is 5.55. The molecule has 1 aromatic rings. The van der Waals surface area contributed by atoms with Crippen molar-refractivity contribution in [2.24, 2.45) is 5.73 Å². The molecular weight excluding hydrogens is 235 g/mol. The van der Waals surface area contributed by atoms with E-state index in [0.29, 0.717) is 19.7 Å². The summed E-state index contributed by atoms with van der Waals surface area (Å²) in [4.78, 5) is 1.95. The summed E-state index contributed by atoms with van der Waals surface area (Å²) in [5.74, 6) is -0.304. The molecule has 18 heavy (non-hydrogen) atoms. The number of methoxy groups -OCH3 is 1. The van der Waals surface area contributed by atoms with Crippen LogP contribution >= 0.6 is 0 Å². The highest BCUT2D eigenvalue weighted by Gasteiger charge is 2.14. The fourth-order valence-corrected chi connectivity index (χ4v) is 1.85.